The minimum absolute atomic E-state index is 0.0933. The van der Waals surface area contributed by atoms with Crippen molar-refractivity contribution in [2.75, 3.05) is 18.2 Å². The predicted octanol–water partition coefficient (Wildman–Crippen LogP) is 4.05. The molecule has 0 aliphatic carbocycles. The van der Waals surface area contributed by atoms with Crippen LogP contribution in [0.1, 0.15) is 10.4 Å². The molecule has 0 spiro atoms. The number of rotatable bonds is 5. The first kappa shape index (κ1) is 16.7. The molecule has 0 unspecified atom stereocenters. The van der Waals surface area contributed by atoms with Gasteiger partial charge in [0.05, 0.1) is 5.39 Å². The van der Waals surface area contributed by atoms with Gasteiger partial charge in [-0.3, -0.25) is 4.79 Å². The molecule has 24 heavy (non-hydrogen) atoms. The van der Waals surface area contributed by atoms with Crippen LogP contribution >= 0.6 is 23.1 Å². The zero-order valence-electron chi connectivity index (χ0n) is 13.6. The van der Waals surface area contributed by atoms with Gasteiger partial charge in [0.15, 0.2) is 6.61 Å². The first-order valence-corrected chi connectivity index (χ1v) is 9.40. The molecule has 0 saturated heterocycles. The SMILES string of the molecule is CSc1cccc(NC(=O)COc2ncnc3sc(C)c(C)c23)c1. The fraction of sp³-hybridized carbons (Fsp3) is 0.235. The number of benzene rings is 1. The Morgan fingerprint density at radius 3 is 2.96 bits per heavy atom. The standard InChI is InChI=1S/C17H17N3O2S2/c1-10-11(2)24-17-15(10)16(18-9-19-17)22-8-14(21)20-12-5-4-6-13(7-12)23-3/h4-7,9H,8H2,1-3H3,(H,20,21). The van der Waals surface area contributed by atoms with E-state index >= 15 is 0 Å². The number of hydrogen-bond acceptors (Lipinski definition) is 6. The maximum absolute atomic E-state index is 12.1. The van der Waals surface area contributed by atoms with Crippen molar-refractivity contribution >= 4 is 44.9 Å². The van der Waals surface area contributed by atoms with Gasteiger partial charge in [-0.1, -0.05) is 6.07 Å². The third-order valence-electron chi connectivity index (χ3n) is 3.62. The number of hydrogen-bond donors (Lipinski definition) is 1. The van der Waals surface area contributed by atoms with Crippen LogP contribution in [-0.4, -0.2) is 28.7 Å². The smallest absolute Gasteiger partial charge is 0.262 e. The van der Waals surface area contributed by atoms with Gasteiger partial charge in [-0.25, -0.2) is 9.97 Å². The van der Waals surface area contributed by atoms with Gasteiger partial charge in [0.25, 0.3) is 5.91 Å². The molecule has 1 aromatic carbocycles. The summed E-state index contributed by atoms with van der Waals surface area (Å²) in [6.45, 7) is 3.96. The monoisotopic (exact) mass is 359 g/mol. The van der Waals surface area contributed by atoms with Crippen molar-refractivity contribution in [3.63, 3.8) is 0 Å². The number of thioether (sulfide) groups is 1. The Bertz CT molecular complexity index is 893. The highest BCUT2D eigenvalue weighted by Crippen LogP contribution is 2.33. The second-order valence-corrected chi connectivity index (χ2v) is 7.29. The number of fused-ring (bicyclic) bond motifs is 1. The van der Waals surface area contributed by atoms with E-state index < -0.39 is 0 Å². The van der Waals surface area contributed by atoms with E-state index in [0.717, 1.165) is 26.4 Å². The molecular formula is C17H17N3O2S2. The van der Waals surface area contributed by atoms with Crippen molar-refractivity contribution in [3.05, 3.63) is 41.0 Å². The van der Waals surface area contributed by atoms with E-state index in [-0.39, 0.29) is 12.5 Å². The summed E-state index contributed by atoms with van der Waals surface area (Å²) in [5.41, 5.74) is 1.85. The number of aryl methyl sites for hydroxylation is 2. The van der Waals surface area contributed by atoms with Crippen LogP contribution in [0.5, 0.6) is 5.88 Å². The maximum Gasteiger partial charge on any atom is 0.262 e. The van der Waals surface area contributed by atoms with Gasteiger partial charge >= 0.3 is 0 Å². The second-order valence-electron chi connectivity index (χ2n) is 5.21. The van der Waals surface area contributed by atoms with Crippen molar-refractivity contribution in [2.24, 2.45) is 0 Å². The van der Waals surface area contributed by atoms with Gasteiger partial charge in [0, 0.05) is 15.5 Å². The molecule has 1 N–H and O–H groups in total. The summed E-state index contributed by atoms with van der Waals surface area (Å²) < 4.78 is 5.64. The van der Waals surface area contributed by atoms with Crippen LogP contribution < -0.4 is 10.1 Å². The Labute approximate surface area is 148 Å². The fourth-order valence-electron chi connectivity index (χ4n) is 2.29. The molecule has 0 saturated carbocycles. The Balaban J connectivity index is 1.70. The van der Waals surface area contributed by atoms with E-state index in [1.54, 1.807) is 23.1 Å². The number of anilines is 1. The molecule has 3 aromatic rings. The van der Waals surface area contributed by atoms with Crippen molar-refractivity contribution in [1.82, 2.24) is 9.97 Å². The van der Waals surface area contributed by atoms with E-state index in [1.807, 2.05) is 44.4 Å². The molecule has 0 aliphatic heterocycles. The van der Waals surface area contributed by atoms with Crippen molar-refractivity contribution in [3.8, 4) is 5.88 Å². The lowest BCUT2D eigenvalue weighted by molar-refractivity contribution is -0.118. The number of aromatic nitrogens is 2. The predicted molar refractivity (Wildman–Crippen MR) is 99.2 cm³/mol. The zero-order chi connectivity index (χ0) is 17.1. The topological polar surface area (TPSA) is 64.1 Å². The van der Waals surface area contributed by atoms with Crippen LogP contribution in [-0.2, 0) is 4.79 Å². The van der Waals surface area contributed by atoms with Crippen LogP contribution in [0.2, 0.25) is 0 Å². The summed E-state index contributed by atoms with van der Waals surface area (Å²) in [5.74, 6) is 0.236. The molecule has 0 aliphatic rings. The van der Waals surface area contributed by atoms with Gasteiger partial charge in [0.2, 0.25) is 5.88 Å². The Morgan fingerprint density at radius 2 is 2.17 bits per heavy atom. The average Bonchev–Trinajstić information content (AvgIpc) is 2.88. The van der Waals surface area contributed by atoms with Crippen LogP contribution in [0.15, 0.2) is 35.5 Å². The van der Waals surface area contributed by atoms with Crippen molar-refractivity contribution in [2.45, 2.75) is 18.7 Å². The van der Waals surface area contributed by atoms with Gasteiger partial charge in [-0.2, -0.15) is 0 Å². The summed E-state index contributed by atoms with van der Waals surface area (Å²) in [6, 6.07) is 7.69. The third kappa shape index (κ3) is 3.52. The van der Waals surface area contributed by atoms with E-state index in [1.165, 1.54) is 11.2 Å². The minimum Gasteiger partial charge on any atom is -0.467 e. The van der Waals surface area contributed by atoms with E-state index in [4.69, 9.17) is 4.74 Å². The number of nitrogens with zero attached hydrogens (tertiary/aromatic N) is 2. The molecule has 5 nitrogen and oxygen atoms in total. The maximum atomic E-state index is 12.1. The van der Waals surface area contributed by atoms with Gasteiger partial charge < -0.3 is 10.1 Å². The normalized spacial score (nSPS) is 10.8. The lowest BCUT2D eigenvalue weighted by atomic mass is 10.2. The number of thiophene rings is 1. The third-order valence-corrected chi connectivity index (χ3v) is 5.46. The second kappa shape index (κ2) is 7.19. The molecule has 3 rings (SSSR count). The molecule has 2 heterocycles. The van der Waals surface area contributed by atoms with Gasteiger partial charge in [-0.05, 0) is 43.9 Å². The summed E-state index contributed by atoms with van der Waals surface area (Å²) in [6.07, 6.45) is 3.46. The summed E-state index contributed by atoms with van der Waals surface area (Å²) in [5, 5.41) is 3.72. The highest BCUT2D eigenvalue weighted by molar-refractivity contribution is 7.98. The number of nitrogens with one attached hydrogen (secondary N) is 1. The summed E-state index contributed by atoms with van der Waals surface area (Å²) in [4.78, 5) is 23.7. The van der Waals surface area contributed by atoms with Gasteiger partial charge in [-0.15, -0.1) is 23.1 Å². The Morgan fingerprint density at radius 1 is 1.33 bits per heavy atom. The van der Waals surface area contributed by atoms with Crippen LogP contribution in [0.3, 0.4) is 0 Å². The number of carbonyl (C=O) groups is 1. The summed E-state index contributed by atoms with van der Waals surface area (Å²) >= 11 is 3.23. The highest BCUT2D eigenvalue weighted by Gasteiger charge is 2.14. The molecule has 7 heteroatoms. The zero-order valence-corrected chi connectivity index (χ0v) is 15.3. The van der Waals surface area contributed by atoms with Crippen molar-refractivity contribution in [1.29, 1.82) is 0 Å². The Hall–Kier alpha value is -2.12. The van der Waals surface area contributed by atoms with E-state index in [2.05, 4.69) is 15.3 Å². The van der Waals surface area contributed by atoms with E-state index in [9.17, 15) is 4.79 Å². The van der Waals surface area contributed by atoms with Gasteiger partial charge in [0.1, 0.15) is 11.2 Å². The van der Waals surface area contributed by atoms with Crippen LogP contribution in [0.25, 0.3) is 10.2 Å². The van der Waals surface area contributed by atoms with Crippen LogP contribution in [0, 0.1) is 13.8 Å². The summed E-state index contributed by atoms with van der Waals surface area (Å²) in [7, 11) is 0. The average molecular weight is 359 g/mol. The van der Waals surface area contributed by atoms with Crippen molar-refractivity contribution < 1.29 is 9.53 Å². The first-order chi connectivity index (χ1) is 11.6. The largest absolute Gasteiger partial charge is 0.467 e. The minimum atomic E-state index is -0.218. The fourth-order valence-corrected chi connectivity index (χ4v) is 3.74. The molecular weight excluding hydrogens is 342 g/mol. The molecule has 0 fully saturated rings. The lowest BCUT2D eigenvalue weighted by Crippen LogP contribution is -2.20. The molecule has 124 valence electrons. The highest BCUT2D eigenvalue weighted by atomic mass is 32.2. The van der Waals surface area contributed by atoms with Crippen LogP contribution in [0.4, 0.5) is 5.69 Å². The Kier molecular flexibility index (Phi) is 5.01. The molecule has 0 bridgehead atoms. The number of carbonyl (C=O) groups excluding carboxylic acids is 1. The lowest BCUT2D eigenvalue weighted by Gasteiger charge is -2.08. The number of amides is 1. The first-order valence-electron chi connectivity index (χ1n) is 7.36. The quantitative estimate of drug-likeness (QED) is 0.696. The van der Waals surface area contributed by atoms with E-state index in [0.29, 0.717) is 5.88 Å². The molecule has 2 aromatic heterocycles. The molecule has 1 amide bonds. The number of ether oxygens (including phenoxy) is 1. The molecule has 0 atom stereocenters. The molecule has 0 radical (unpaired) electrons.